The molecule has 1 saturated heterocycles. The Kier molecular flexibility index (Phi) is 8.24. The number of ether oxygens (including phenoxy) is 1. The van der Waals surface area contributed by atoms with Crippen molar-refractivity contribution in [3.05, 3.63) is 30.3 Å². The van der Waals surface area contributed by atoms with Gasteiger partial charge >= 0.3 is 0 Å². The van der Waals surface area contributed by atoms with Crippen molar-refractivity contribution in [1.29, 1.82) is 0 Å². The van der Waals surface area contributed by atoms with Crippen molar-refractivity contribution in [2.45, 2.75) is 19.4 Å². The molecule has 1 aliphatic rings. The number of carbonyl (C=O) groups is 1. The Morgan fingerprint density at radius 3 is 2.77 bits per heavy atom. The number of rotatable bonds is 7. The van der Waals surface area contributed by atoms with E-state index in [2.05, 4.69) is 17.1 Å². The van der Waals surface area contributed by atoms with Crippen LogP contribution in [0.2, 0.25) is 0 Å². The van der Waals surface area contributed by atoms with Crippen molar-refractivity contribution < 1.29 is 9.53 Å². The van der Waals surface area contributed by atoms with Gasteiger partial charge in [0, 0.05) is 12.6 Å². The van der Waals surface area contributed by atoms with Crippen LogP contribution in [0.4, 0.5) is 0 Å². The standard InChI is InChI=1S/C16H25N3O2.ClH/c1-13-9-14(10-17)11-19(13)12-16(20)18-7-8-21-15-5-3-2-4-6-15;/h2-6,13-14H,7-12,17H2,1H3,(H,18,20);1H. The molecule has 1 heterocycles. The molecule has 3 N–H and O–H groups in total. The molecule has 0 aromatic heterocycles. The number of para-hydroxylation sites is 1. The summed E-state index contributed by atoms with van der Waals surface area (Å²) in [5, 5.41) is 2.90. The molecular formula is C16H26ClN3O2. The van der Waals surface area contributed by atoms with Gasteiger partial charge in [0.2, 0.25) is 5.91 Å². The lowest BCUT2D eigenvalue weighted by Crippen LogP contribution is -2.40. The fourth-order valence-corrected chi connectivity index (χ4v) is 2.73. The van der Waals surface area contributed by atoms with Gasteiger partial charge in [-0.15, -0.1) is 12.4 Å². The van der Waals surface area contributed by atoms with Gasteiger partial charge < -0.3 is 15.8 Å². The average Bonchev–Trinajstić information content (AvgIpc) is 2.85. The van der Waals surface area contributed by atoms with E-state index < -0.39 is 0 Å². The fourth-order valence-electron chi connectivity index (χ4n) is 2.73. The number of carbonyl (C=O) groups excluding carboxylic acids is 1. The maximum atomic E-state index is 11.9. The van der Waals surface area contributed by atoms with E-state index in [1.807, 2.05) is 30.3 Å². The molecule has 0 saturated carbocycles. The molecule has 5 nitrogen and oxygen atoms in total. The average molecular weight is 328 g/mol. The molecule has 1 aromatic rings. The van der Waals surface area contributed by atoms with E-state index in [0.717, 1.165) is 18.7 Å². The number of hydrogen-bond acceptors (Lipinski definition) is 4. The summed E-state index contributed by atoms with van der Waals surface area (Å²) in [7, 11) is 0. The molecule has 1 aromatic carbocycles. The molecule has 2 unspecified atom stereocenters. The second-order valence-corrected chi connectivity index (χ2v) is 5.63. The van der Waals surface area contributed by atoms with Gasteiger partial charge in [0.25, 0.3) is 0 Å². The van der Waals surface area contributed by atoms with Crippen LogP contribution in [-0.2, 0) is 4.79 Å². The van der Waals surface area contributed by atoms with Crippen molar-refractivity contribution in [2.75, 3.05) is 32.8 Å². The second-order valence-electron chi connectivity index (χ2n) is 5.63. The van der Waals surface area contributed by atoms with E-state index in [-0.39, 0.29) is 18.3 Å². The fraction of sp³-hybridized carbons (Fsp3) is 0.562. The maximum Gasteiger partial charge on any atom is 0.234 e. The molecule has 2 rings (SSSR count). The highest BCUT2D eigenvalue weighted by atomic mass is 35.5. The van der Waals surface area contributed by atoms with Crippen LogP contribution in [0.15, 0.2) is 30.3 Å². The van der Waals surface area contributed by atoms with Crippen molar-refractivity contribution in [3.8, 4) is 5.75 Å². The molecule has 6 heteroatoms. The Balaban J connectivity index is 0.00000242. The number of nitrogens with zero attached hydrogens (tertiary/aromatic N) is 1. The van der Waals surface area contributed by atoms with Crippen LogP contribution < -0.4 is 15.8 Å². The van der Waals surface area contributed by atoms with Crippen LogP contribution >= 0.6 is 12.4 Å². The SMILES string of the molecule is CC1CC(CN)CN1CC(=O)NCCOc1ccccc1.Cl. The Labute approximate surface area is 138 Å². The third kappa shape index (κ3) is 5.83. The number of likely N-dealkylation sites (tertiary alicyclic amines) is 1. The van der Waals surface area contributed by atoms with E-state index in [1.54, 1.807) is 0 Å². The number of halogens is 1. The highest BCUT2D eigenvalue weighted by Gasteiger charge is 2.29. The van der Waals surface area contributed by atoms with Crippen LogP contribution in [0.3, 0.4) is 0 Å². The van der Waals surface area contributed by atoms with Gasteiger partial charge in [-0.3, -0.25) is 9.69 Å². The van der Waals surface area contributed by atoms with Gasteiger partial charge in [-0.25, -0.2) is 0 Å². The highest BCUT2D eigenvalue weighted by Crippen LogP contribution is 2.21. The predicted octanol–water partition coefficient (Wildman–Crippen LogP) is 1.27. The van der Waals surface area contributed by atoms with Crippen molar-refractivity contribution in [3.63, 3.8) is 0 Å². The molecule has 2 atom stereocenters. The summed E-state index contributed by atoms with van der Waals surface area (Å²) < 4.78 is 5.54. The van der Waals surface area contributed by atoms with E-state index >= 15 is 0 Å². The Morgan fingerprint density at radius 1 is 1.41 bits per heavy atom. The first-order valence-electron chi connectivity index (χ1n) is 7.57. The maximum absolute atomic E-state index is 11.9. The van der Waals surface area contributed by atoms with Gasteiger partial charge in [0.1, 0.15) is 12.4 Å². The van der Waals surface area contributed by atoms with Crippen LogP contribution in [-0.4, -0.2) is 49.6 Å². The monoisotopic (exact) mass is 327 g/mol. The number of nitrogens with one attached hydrogen (secondary N) is 1. The largest absolute Gasteiger partial charge is 0.492 e. The van der Waals surface area contributed by atoms with E-state index in [9.17, 15) is 4.79 Å². The molecule has 1 fully saturated rings. The molecular weight excluding hydrogens is 302 g/mol. The van der Waals surface area contributed by atoms with E-state index in [0.29, 0.717) is 38.2 Å². The zero-order chi connectivity index (χ0) is 15.1. The van der Waals surface area contributed by atoms with Gasteiger partial charge in [-0.05, 0) is 37.9 Å². The summed E-state index contributed by atoms with van der Waals surface area (Å²) in [4.78, 5) is 14.1. The normalized spacial score (nSPS) is 21.2. The summed E-state index contributed by atoms with van der Waals surface area (Å²) in [6.07, 6.45) is 1.08. The summed E-state index contributed by atoms with van der Waals surface area (Å²) in [6.45, 7) is 5.23. The molecule has 1 amide bonds. The Hall–Kier alpha value is -1.30. The molecule has 0 bridgehead atoms. The number of benzene rings is 1. The molecule has 1 aliphatic heterocycles. The Bertz CT molecular complexity index is 444. The summed E-state index contributed by atoms with van der Waals surface area (Å²) in [5.41, 5.74) is 5.70. The van der Waals surface area contributed by atoms with Crippen molar-refractivity contribution in [1.82, 2.24) is 10.2 Å². The Morgan fingerprint density at radius 2 is 2.14 bits per heavy atom. The summed E-state index contributed by atoms with van der Waals surface area (Å²) >= 11 is 0. The first-order valence-corrected chi connectivity index (χ1v) is 7.57. The van der Waals surface area contributed by atoms with Gasteiger partial charge in [0.05, 0.1) is 13.1 Å². The van der Waals surface area contributed by atoms with Gasteiger partial charge in [-0.2, -0.15) is 0 Å². The summed E-state index contributed by atoms with van der Waals surface area (Å²) in [6, 6.07) is 10.0. The predicted molar refractivity (Wildman–Crippen MR) is 90.4 cm³/mol. The quantitative estimate of drug-likeness (QED) is 0.740. The smallest absolute Gasteiger partial charge is 0.234 e. The van der Waals surface area contributed by atoms with Crippen LogP contribution in [0.5, 0.6) is 5.75 Å². The molecule has 124 valence electrons. The molecule has 0 radical (unpaired) electrons. The zero-order valence-electron chi connectivity index (χ0n) is 13.0. The molecule has 0 aliphatic carbocycles. The topological polar surface area (TPSA) is 67.6 Å². The second kappa shape index (κ2) is 9.66. The lowest BCUT2D eigenvalue weighted by atomic mass is 10.1. The van der Waals surface area contributed by atoms with Crippen molar-refractivity contribution >= 4 is 18.3 Å². The number of hydrogen-bond donors (Lipinski definition) is 2. The van der Waals surface area contributed by atoms with Crippen LogP contribution in [0.1, 0.15) is 13.3 Å². The van der Waals surface area contributed by atoms with Crippen LogP contribution in [0.25, 0.3) is 0 Å². The lowest BCUT2D eigenvalue weighted by molar-refractivity contribution is -0.122. The summed E-state index contributed by atoms with van der Waals surface area (Å²) in [5.74, 6) is 1.40. The minimum Gasteiger partial charge on any atom is -0.492 e. The zero-order valence-corrected chi connectivity index (χ0v) is 13.8. The van der Waals surface area contributed by atoms with E-state index in [1.165, 1.54) is 0 Å². The minimum atomic E-state index is 0. The first-order chi connectivity index (χ1) is 10.2. The van der Waals surface area contributed by atoms with Gasteiger partial charge in [-0.1, -0.05) is 18.2 Å². The third-order valence-electron chi connectivity index (χ3n) is 3.91. The minimum absolute atomic E-state index is 0. The third-order valence-corrected chi connectivity index (χ3v) is 3.91. The number of amides is 1. The number of nitrogens with two attached hydrogens (primary N) is 1. The molecule has 0 spiro atoms. The highest BCUT2D eigenvalue weighted by molar-refractivity contribution is 5.85. The van der Waals surface area contributed by atoms with Gasteiger partial charge in [0.15, 0.2) is 0 Å². The molecule has 22 heavy (non-hydrogen) atoms. The lowest BCUT2D eigenvalue weighted by Gasteiger charge is -2.20. The van der Waals surface area contributed by atoms with Crippen molar-refractivity contribution in [2.24, 2.45) is 11.7 Å². The van der Waals surface area contributed by atoms with Crippen LogP contribution in [0, 0.1) is 5.92 Å². The van der Waals surface area contributed by atoms with E-state index in [4.69, 9.17) is 10.5 Å². The first kappa shape index (κ1) is 18.7.